The lowest BCUT2D eigenvalue weighted by atomic mass is 10.4. The number of allylic oxidation sites excluding steroid dienone is 1. The molecule has 0 heterocycles. The van der Waals surface area contributed by atoms with Gasteiger partial charge in [-0.25, -0.2) is 4.79 Å². The van der Waals surface area contributed by atoms with E-state index in [0.29, 0.717) is 6.61 Å². The quantitative estimate of drug-likeness (QED) is 0.317. The van der Waals surface area contributed by atoms with Crippen LogP contribution in [0.1, 0.15) is 13.3 Å². The van der Waals surface area contributed by atoms with Crippen molar-refractivity contribution in [2.24, 2.45) is 0 Å². The Labute approximate surface area is 83.5 Å². The van der Waals surface area contributed by atoms with E-state index in [9.17, 15) is 4.79 Å². The van der Waals surface area contributed by atoms with E-state index in [2.05, 4.69) is 0 Å². The van der Waals surface area contributed by atoms with Gasteiger partial charge in [-0.1, -0.05) is 0 Å². The molecule has 0 aliphatic rings. The van der Waals surface area contributed by atoms with Gasteiger partial charge in [0, 0.05) is 6.54 Å². The van der Waals surface area contributed by atoms with Crippen LogP contribution in [0.3, 0.4) is 0 Å². The largest absolute Gasteiger partial charge is 0.502 e. The van der Waals surface area contributed by atoms with Gasteiger partial charge in [0.05, 0.1) is 6.61 Å². The first kappa shape index (κ1) is 15.4. The van der Waals surface area contributed by atoms with Crippen LogP contribution in [0, 0.1) is 0 Å². The number of ether oxygens (including phenoxy) is 1. The molecular formula is C9H18FNO3. The zero-order valence-electron chi connectivity index (χ0n) is 8.82. The van der Waals surface area contributed by atoms with Crippen LogP contribution < -0.4 is 0 Å². The van der Waals surface area contributed by atoms with E-state index in [4.69, 9.17) is 9.84 Å². The van der Waals surface area contributed by atoms with Crippen LogP contribution in [0.25, 0.3) is 0 Å². The standard InChI is InChI=1S/C9H17NO3.FH/c1-4-8(11)9(12)13-7-5-6-10(2)3;/h4,11H,5-7H2,1-3H3;1H. The van der Waals surface area contributed by atoms with Gasteiger partial charge in [-0.05, 0) is 33.5 Å². The second-order valence-electron chi connectivity index (χ2n) is 2.97. The maximum absolute atomic E-state index is 10.9. The summed E-state index contributed by atoms with van der Waals surface area (Å²) in [7, 11) is 3.90. The summed E-state index contributed by atoms with van der Waals surface area (Å²) in [6.45, 7) is 2.79. The lowest BCUT2D eigenvalue weighted by Crippen LogP contribution is -2.16. The molecule has 0 amide bonds. The van der Waals surface area contributed by atoms with E-state index in [1.165, 1.54) is 6.08 Å². The minimum Gasteiger partial charge on any atom is -0.502 e. The number of hydrogen-bond acceptors (Lipinski definition) is 4. The smallest absolute Gasteiger partial charge is 0.373 e. The van der Waals surface area contributed by atoms with E-state index >= 15 is 0 Å². The molecule has 0 saturated heterocycles. The van der Waals surface area contributed by atoms with Crippen molar-refractivity contribution >= 4 is 5.97 Å². The predicted molar refractivity (Wildman–Crippen MR) is 53.0 cm³/mol. The summed E-state index contributed by atoms with van der Waals surface area (Å²) in [5, 5.41) is 8.91. The fourth-order valence-corrected chi connectivity index (χ4v) is 0.737. The molecule has 0 bridgehead atoms. The molecule has 0 unspecified atom stereocenters. The Bertz CT molecular complexity index is 192. The summed E-state index contributed by atoms with van der Waals surface area (Å²) in [4.78, 5) is 12.9. The molecule has 84 valence electrons. The van der Waals surface area contributed by atoms with Gasteiger partial charge < -0.3 is 14.7 Å². The van der Waals surface area contributed by atoms with E-state index in [-0.39, 0.29) is 10.5 Å². The van der Waals surface area contributed by atoms with Gasteiger partial charge in [0.25, 0.3) is 0 Å². The Balaban J connectivity index is 0. The van der Waals surface area contributed by atoms with Gasteiger partial charge in [-0.3, -0.25) is 4.70 Å². The highest BCUT2D eigenvalue weighted by Crippen LogP contribution is 1.94. The minimum absolute atomic E-state index is 0. The highest BCUT2D eigenvalue weighted by Gasteiger charge is 2.06. The van der Waals surface area contributed by atoms with Crippen LogP contribution in [-0.2, 0) is 9.53 Å². The molecule has 4 nitrogen and oxygen atoms in total. The summed E-state index contributed by atoms with van der Waals surface area (Å²) < 4.78 is 4.76. The van der Waals surface area contributed by atoms with Gasteiger partial charge in [-0.2, -0.15) is 0 Å². The summed E-state index contributed by atoms with van der Waals surface area (Å²) in [5.41, 5.74) is 0. The highest BCUT2D eigenvalue weighted by atomic mass is 19.0. The highest BCUT2D eigenvalue weighted by molar-refractivity contribution is 5.85. The van der Waals surface area contributed by atoms with Crippen molar-refractivity contribution < 1.29 is 19.3 Å². The molecule has 0 aromatic heterocycles. The molecule has 0 saturated carbocycles. The first-order valence-electron chi connectivity index (χ1n) is 4.25. The summed E-state index contributed by atoms with van der Waals surface area (Å²) >= 11 is 0. The van der Waals surface area contributed by atoms with Crippen LogP contribution in [-0.4, -0.2) is 43.2 Å². The maximum atomic E-state index is 10.9. The molecule has 5 heteroatoms. The lowest BCUT2D eigenvalue weighted by Gasteiger charge is -2.08. The van der Waals surface area contributed by atoms with Crippen LogP contribution in [0.2, 0.25) is 0 Å². The summed E-state index contributed by atoms with van der Waals surface area (Å²) in [6.07, 6.45) is 2.09. The molecule has 0 spiro atoms. The van der Waals surface area contributed by atoms with Crippen molar-refractivity contribution in [3.8, 4) is 0 Å². The molecule has 0 fully saturated rings. The maximum Gasteiger partial charge on any atom is 0.373 e. The number of halogens is 1. The molecule has 0 rings (SSSR count). The lowest BCUT2D eigenvalue weighted by molar-refractivity contribution is -0.142. The number of nitrogens with zero attached hydrogens (tertiary/aromatic N) is 1. The van der Waals surface area contributed by atoms with Gasteiger partial charge in [-0.15, -0.1) is 0 Å². The van der Waals surface area contributed by atoms with Crippen molar-refractivity contribution in [3.05, 3.63) is 11.8 Å². The Kier molecular flexibility index (Phi) is 9.33. The predicted octanol–water partition coefficient (Wildman–Crippen LogP) is 1.10. The van der Waals surface area contributed by atoms with Crippen LogP contribution >= 0.6 is 0 Å². The minimum atomic E-state index is -0.652. The average Bonchev–Trinajstić information content (AvgIpc) is 2.10. The number of esters is 1. The van der Waals surface area contributed by atoms with Crippen molar-refractivity contribution in [1.29, 1.82) is 0 Å². The van der Waals surface area contributed by atoms with E-state index in [1.54, 1.807) is 6.92 Å². The van der Waals surface area contributed by atoms with Crippen molar-refractivity contribution in [2.75, 3.05) is 27.2 Å². The molecule has 14 heavy (non-hydrogen) atoms. The first-order chi connectivity index (χ1) is 6.07. The third-order valence-electron chi connectivity index (χ3n) is 1.47. The second-order valence-corrected chi connectivity index (χ2v) is 2.97. The molecule has 0 aromatic carbocycles. The molecule has 0 radical (unpaired) electrons. The Hall–Kier alpha value is -1.10. The van der Waals surface area contributed by atoms with Crippen LogP contribution in [0.4, 0.5) is 4.70 Å². The zero-order valence-corrected chi connectivity index (χ0v) is 8.82. The van der Waals surface area contributed by atoms with Crippen LogP contribution in [0.15, 0.2) is 11.8 Å². The summed E-state index contributed by atoms with van der Waals surface area (Å²) in [5.74, 6) is -0.980. The Morgan fingerprint density at radius 2 is 2.07 bits per heavy atom. The first-order valence-corrected chi connectivity index (χ1v) is 4.25. The Morgan fingerprint density at radius 1 is 1.50 bits per heavy atom. The fraction of sp³-hybridized carbons (Fsp3) is 0.667. The van der Waals surface area contributed by atoms with Gasteiger partial charge in [0.15, 0.2) is 5.76 Å². The molecule has 0 aliphatic heterocycles. The van der Waals surface area contributed by atoms with Crippen molar-refractivity contribution in [1.82, 2.24) is 4.90 Å². The number of carbonyl (C=O) groups excluding carboxylic acids is 1. The number of aliphatic hydroxyl groups is 1. The average molecular weight is 207 g/mol. The third kappa shape index (κ3) is 7.54. The third-order valence-corrected chi connectivity index (χ3v) is 1.47. The number of hydrogen-bond donors (Lipinski definition) is 1. The summed E-state index contributed by atoms with van der Waals surface area (Å²) in [6, 6.07) is 0. The normalized spacial score (nSPS) is 11.0. The second kappa shape index (κ2) is 8.50. The SMILES string of the molecule is CC=C(O)C(=O)OCCCN(C)C.F. The number of rotatable bonds is 5. The number of carbonyl (C=O) groups is 1. The van der Waals surface area contributed by atoms with Gasteiger partial charge in [0.1, 0.15) is 0 Å². The number of aliphatic hydroxyl groups excluding tert-OH is 1. The van der Waals surface area contributed by atoms with E-state index in [1.807, 2.05) is 19.0 Å². The molecule has 1 N–H and O–H groups in total. The van der Waals surface area contributed by atoms with E-state index in [0.717, 1.165) is 13.0 Å². The van der Waals surface area contributed by atoms with Crippen LogP contribution in [0.5, 0.6) is 0 Å². The molecule has 0 aromatic rings. The van der Waals surface area contributed by atoms with E-state index < -0.39 is 5.97 Å². The monoisotopic (exact) mass is 207 g/mol. The van der Waals surface area contributed by atoms with Crippen molar-refractivity contribution in [3.63, 3.8) is 0 Å². The Morgan fingerprint density at radius 3 is 2.50 bits per heavy atom. The topological polar surface area (TPSA) is 49.8 Å². The van der Waals surface area contributed by atoms with Gasteiger partial charge >= 0.3 is 5.97 Å². The fourth-order valence-electron chi connectivity index (χ4n) is 0.737. The molecular weight excluding hydrogens is 189 g/mol. The van der Waals surface area contributed by atoms with Crippen molar-refractivity contribution in [2.45, 2.75) is 13.3 Å². The molecule has 0 aliphatic carbocycles. The van der Waals surface area contributed by atoms with Gasteiger partial charge in [0.2, 0.25) is 0 Å². The molecule has 0 atom stereocenters. The zero-order chi connectivity index (χ0) is 10.3.